The minimum Gasteiger partial charge on any atom is -0.393 e. The van der Waals surface area contributed by atoms with Crippen LogP contribution in [0.5, 0.6) is 0 Å². The van der Waals surface area contributed by atoms with Crippen LogP contribution in [0.4, 0.5) is 0 Å². The van der Waals surface area contributed by atoms with Crippen molar-refractivity contribution in [2.45, 2.75) is 17.9 Å². The monoisotopic (exact) mass is 463 g/mol. The highest BCUT2D eigenvalue weighted by Gasteiger charge is 2.32. The van der Waals surface area contributed by atoms with Crippen LogP contribution in [0.15, 0.2) is 49.2 Å². The number of halogens is 1. The third-order valence-corrected chi connectivity index (χ3v) is 6.88. The third-order valence-electron chi connectivity index (χ3n) is 4.95. The van der Waals surface area contributed by atoms with Crippen LogP contribution in [0.1, 0.15) is 27.5 Å². The molecule has 8 heteroatoms. The molecule has 1 aliphatic rings. The summed E-state index contributed by atoms with van der Waals surface area (Å²) in [6.07, 6.45) is 3.22. The highest BCUT2D eigenvalue weighted by Crippen LogP contribution is 2.42. The van der Waals surface area contributed by atoms with Gasteiger partial charge in [-0.1, -0.05) is 42.4 Å². The number of nitrogens with zero attached hydrogens (tertiary/aromatic N) is 1. The highest BCUT2D eigenvalue weighted by atomic mass is 35.5. The average Bonchev–Trinajstić information content (AvgIpc) is 3.10. The van der Waals surface area contributed by atoms with E-state index in [1.54, 1.807) is 0 Å². The number of rotatable bonds is 6. The molecule has 3 rings (SSSR count). The lowest BCUT2D eigenvalue weighted by atomic mass is 9.83. The zero-order valence-electron chi connectivity index (χ0n) is 16.1. The van der Waals surface area contributed by atoms with Crippen molar-refractivity contribution in [3.05, 3.63) is 75.1 Å². The normalized spacial score (nSPS) is 16.5. The summed E-state index contributed by atoms with van der Waals surface area (Å²) in [6.45, 7) is 4.74. The first-order chi connectivity index (χ1) is 13.9. The number of nitrogens with one attached hydrogen (secondary N) is 2. The molecule has 3 atom stereocenters. The van der Waals surface area contributed by atoms with Gasteiger partial charge < -0.3 is 15.6 Å². The Kier molecular flexibility index (Phi) is 7.29. The molecule has 0 radical (unpaired) electrons. The first-order valence-corrected chi connectivity index (χ1v) is 11.7. The van der Waals surface area contributed by atoms with E-state index in [4.69, 9.17) is 17.0 Å². The van der Waals surface area contributed by atoms with E-state index in [0.717, 1.165) is 31.5 Å². The molecule has 1 aliphatic heterocycles. The number of allylic oxidation sites excluding steroid dienone is 1. The van der Waals surface area contributed by atoms with E-state index in [0.29, 0.717) is 18.8 Å². The summed E-state index contributed by atoms with van der Waals surface area (Å²) in [5.41, 5.74) is 4.54. The molecule has 0 aliphatic carbocycles. The van der Waals surface area contributed by atoms with Gasteiger partial charge in [0.2, 0.25) is 5.91 Å². The van der Waals surface area contributed by atoms with E-state index >= 15 is 0 Å². The third kappa shape index (κ3) is 4.64. The van der Waals surface area contributed by atoms with Crippen LogP contribution >= 0.6 is 41.4 Å². The SMILES string of the molecule is C=CC(=O)N1Cc2sc(Cl)cc2C(c2ccccc2/C(=C/NC)C(=N)C(P)P)C1. The average molecular weight is 464 g/mol. The largest absolute Gasteiger partial charge is 0.393 e. The molecule has 1 aromatic carbocycles. The Labute approximate surface area is 185 Å². The summed E-state index contributed by atoms with van der Waals surface area (Å²) in [4.78, 5) is 15.3. The number of thiophene rings is 1. The zero-order chi connectivity index (χ0) is 21.1. The fourth-order valence-electron chi connectivity index (χ4n) is 3.62. The fourth-order valence-corrected chi connectivity index (χ4v) is 5.33. The molecule has 0 bridgehead atoms. The smallest absolute Gasteiger partial charge is 0.246 e. The summed E-state index contributed by atoms with van der Waals surface area (Å²) in [6, 6.07) is 10.1. The van der Waals surface area contributed by atoms with Crippen LogP contribution in [0.3, 0.4) is 0 Å². The number of amides is 1. The minimum absolute atomic E-state index is 0.0249. The van der Waals surface area contributed by atoms with Crippen molar-refractivity contribution in [1.82, 2.24) is 10.2 Å². The number of benzene rings is 1. The van der Waals surface area contributed by atoms with Crippen molar-refractivity contribution in [3.8, 4) is 0 Å². The van der Waals surface area contributed by atoms with Crippen LogP contribution < -0.4 is 5.32 Å². The first-order valence-electron chi connectivity index (χ1n) is 9.13. The lowest BCUT2D eigenvalue weighted by molar-refractivity contribution is -0.127. The second-order valence-corrected chi connectivity index (χ2v) is 10.8. The lowest BCUT2D eigenvalue weighted by Gasteiger charge is -2.34. The lowest BCUT2D eigenvalue weighted by Crippen LogP contribution is -2.37. The predicted molar refractivity (Wildman–Crippen MR) is 131 cm³/mol. The van der Waals surface area contributed by atoms with Gasteiger partial charge in [0.05, 0.1) is 16.6 Å². The standard InChI is InChI=1S/C21H24ClN3OP2S/c1-3-19(26)25-10-16(14-8-18(22)29-17(14)11-25)13-7-5-4-6-12(13)15(9-24-2)20(23)21(27)28/h3-9,16,21,23-24H,1,10-11,27-28H2,2H3/b15-9-,23-20?. The molecule has 4 nitrogen and oxygen atoms in total. The van der Waals surface area contributed by atoms with Gasteiger partial charge in [-0.05, 0) is 28.8 Å². The van der Waals surface area contributed by atoms with Crippen LogP contribution in [-0.2, 0) is 11.3 Å². The van der Waals surface area contributed by atoms with Gasteiger partial charge in [0.1, 0.15) is 0 Å². The van der Waals surface area contributed by atoms with Gasteiger partial charge >= 0.3 is 0 Å². The minimum atomic E-state index is -0.0867. The molecule has 0 saturated carbocycles. The van der Waals surface area contributed by atoms with Crippen LogP contribution in [0.25, 0.3) is 5.57 Å². The number of fused-ring (bicyclic) bond motifs is 1. The summed E-state index contributed by atoms with van der Waals surface area (Å²) in [7, 11) is 7.14. The van der Waals surface area contributed by atoms with Gasteiger partial charge in [-0.25, -0.2) is 0 Å². The molecule has 1 aromatic heterocycles. The first kappa shape index (κ1) is 22.2. The van der Waals surface area contributed by atoms with E-state index in [2.05, 4.69) is 36.4 Å². The van der Waals surface area contributed by atoms with E-state index in [1.165, 1.54) is 17.4 Å². The molecule has 2 heterocycles. The van der Waals surface area contributed by atoms with E-state index in [-0.39, 0.29) is 17.2 Å². The molecule has 0 saturated heterocycles. The van der Waals surface area contributed by atoms with E-state index in [1.807, 2.05) is 42.4 Å². The molecule has 2 N–H and O–H groups in total. The van der Waals surface area contributed by atoms with Crippen LogP contribution in [-0.4, -0.2) is 35.5 Å². The van der Waals surface area contributed by atoms with Gasteiger partial charge in [0.15, 0.2) is 0 Å². The topological polar surface area (TPSA) is 56.2 Å². The maximum absolute atomic E-state index is 12.4. The van der Waals surface area contributed by atoms with Crippen molar-refractivity contribution in [2.24, 2.45) is 0 Å². The van der Waals surface area contributed by atoms with Crippen LogP contribution in [0, 0.1) is 5.41 Å². The molecule has 1 amide bonds. The molecule has 29 heavy (non-hydrogen) atoms. The van der Waals surface area contributed by atoms with E-state index in [9.17, 15) is 4.79 Å². The maximum atomic E-state index is 12.4. The highest BCUT2D eigenvalue weighted by molar-refractivity contribution is 7.40. The molecular formula is C21H24ClN3OP2S. The van der Waals surface area contributed by atoms with Crippen molar-refractivity contribution in [2.75, 3.05) is 13.6 Å². The molecule has 3 unspecified atom stereocenters. The van der Waals surface area contributed by atoms with Crippen molar-refractivity contribution in [3.63, 3.8) is 0 Å². The van der Waals surface area contributed by atoms with Crippen molar-refractivity contribution in [1.29, 1.82) is 5.41 Å². The van der Waals surface area contributed by atoms with Crippen molar-refractivity contribution >= 4 is 58.6 Å². The van der Waals surface area contributed by atoms with Gasteiger partial charge in [-0.15, -0.1) is 29.8 Å². The van der Waals surface area contributed by atoms with Gasteiger partial charge in [0.25, 0.3) is 0 Å². The second-order valence-electron chi connectivity index (χ2n) is 6.78. The Morgan fingerprint density at radius 2 is 2.14 bits per heavy atom. The quantitative estimate of drug-likeness (QED) is 0.370. The van der Waals surface area contributed by atoms with Gasteiger partial charge in [-0.2, -0.15) is 0 Å². The Balaban J connectivity index is 2.15. The maximum Gasteiger partial charge on any atom is 0.246 e. The Morgan fingerprint density at radius 1 is 1.41 bits per heavy atom. The number of carbonyl (C=O) groups is 1. The molecule has 2 aromatic rings. The summed E-state index contributed by atoms with van der Waals surface area (Å²) >= 11 is 7.86. The number of hydrogen-bond acceptors (Lipinski definition) is 4. The van der Waals surface area contributed by atoms with E-state index < -0.39 is 0 Å². The summed E-state index contributed by atoms with van der Waals surface area (Å²) < 4.78 is 0.721. The molecule has 0 fully saturated rings. The van der Waals surface area contributed by atoms with Gasteiger partial charge in [-0.3, -0.25) is 4.79 Å². The molecule has 152 valence electrons. The Hall–Kier alpha value is -1.51. The predicted octanol–water partition coefficient (Wildman–Crippen LogP) is 4.72. The van der Waals surface area contributed by atoms with Gasteiger partial charge in [0, 0.05) is 41.6 Å². The second kappa shape index (κ2) is 9.53. The summed E-state index contributed by atoms with van der Waals surface area (Å²) in [5, 5.41) is 11.6. The number of hydrogen-bond donors (Lipinski definition) is 2. The Bertz CT molecular complexity index is 986. The van der Waals surface area contributed by atoms with Crippen LogP contribution in [0.2, 0.25) is 4.34 Å². The molecule has 0 spiro atoms. The van der Waals surface area contributed by atoms with Crippen molar-refractivity contribution < 1.29 is 4.79 Å². The fraction of sp³-hybridized carbons (Fsp3) is 0.238. The summed E-state index contributed by atoms with van der Waals surface area (Å²) in [5.74, 6) is -0.112. The Morgan fingerprint density at radius 3 is 2.79 bits per heavy atom. The molecular weight excluding hydrogens is 440 g/mol. The zero-order valence-corrected chi connectivity index (χ0v) is 20.0. The number of carbonyl (C=O) groups excluding carboxylic acids is 1.